The first-order chi connectivity index (χ1) is 7.54. The number of nitrogens with zero attached hydrogens (tertiary/aromatic N) is 2. The average molecular weight is 225 g/mol. The Labute approximate surface area is 90.4 Å². The summed E-state index contributed by atoms with van der Waals surface area (Å²) < 4.78 is 0. The molecule has 0 spiro atoms. The highest BCUT2D eigenvalue weighted by molar-refractivity contribution is 5.85. The zero-order chi connectivity index (χ0) is 12.1. The normalized spacial score (nSPS) is 11.0. The van der Waals surface area contributed by atoms with Crippen LogP contribution >= 0.6 is 0 Å². The Balaban J connectivity index is 2.72. The van der Waals surface area contributed by atoms with Crippen LogP contribution in [0.15, 0.2) is 16.6 Å². The van der Waals surface area contributed by atoms with Crippen LogP contribution in [0.5, 0.6) is 0 Å². The molecule has 8 nitrogen and oxygen atoms in total. The molecule has 0 bridgehead atoms. The number of H-pyrrole nitrogens is 1. The molecule has 0 fully saturated rings. The van der Waals surface area contributed by atoms with Crippen LogP contribution in [0.3, 0.4) is 0 Å². The molecular weight excluding hydrogens is 214 g/mol. The van der Waals surface area contributed by atoms with Crippen LogP contribution in [0.1, 0.15) is 12.6 Å². The molecule has 0 saturated heterocycles. The van der Waals surface area contributed by atoms with Crippen molar-refractivity contribution in [2.75, 3.05) is 5.43 Å². The van der Waals surface area contributed by atoms with Gasteiger partial charge in [-0.2, -0.15) is 0 Å². The summed E-state index contributed by atoms with van der Waals surface area (Å²) in [5, 5.41) is 15.8. The lowest BCUT2D eigenvalue weighted by molar-refractivity contribution is -0.133. The molecule has 8 heteroatoms. The number of allylic oxidation sites excluding steroid dienone is 1. The number of aromatic amines is 1. The average Bonchev–Trinajstić information content (AvgIpc) is 2.23. The number of aromatic nitrogens is 3. The largest absolute Gasteiger partial charge is 0.477 e. The number of carboxylic acid groups (broad SMARTS) is 1. The van der Waals surface area contributed by atoms with Crippen molar-refractivity contribution >= 4 is 11.9 Å². The maximum Gasteiger partial charge on any atom is 0.353 e. The Hall–Kier alpha value is -2.38. The van der Waals surface area contributed by atoms with Gasteiger partial charge in [0.05, 0.1) is 0 Å². The van der Waals surface area contributed by atoms with Crippen LogP contribution in [0, 0.1) is 6.92 Å². The van der Waals surface area contributed by atoms with E-state index in [1.165, 1.54) is 13.0 Å². The minimum atomic E-state index is -1.13. The molecule has 0 atom stereocenters. The van der Waals surface area contributed by atoms with Crippen LogP contribution in [0.25, 0.3) is 0 Å². The number of hydrogen-bond acceptors (Lipinski definition) is 6. The lowest BCUT2D eigenvalue weighted by Gasteiger charge is -2.07. The van der Waals surface area contributed by atoms with Gasteiger partial charge in [-0.05, 0) is 13.8 Å². The molecule has 16 heavy (non-hydrogen) atoms. The van der Waals surface area contributed by atoms with Gasteiger partial charge in [-0.25, -0.2) is 4.79 Å². The first kappa shape index (κ1) is 11.7. The fraction of sp³-hybridized carbons (Fsp3) is 0.250. The summed E-state index contributed by atoms with van der Waals surface area (Å²) in [6, 6.07) is 0. The summed E-state index contributed by atoms with van der Waals surface area (Å²) in [5.41, 5.74) is 4.56. The van der Waals surface area contributed by atoms with Crippen molar-refractivity contribution in [3.8, 4) is 0 Å². The Kier molecular flexibility index (Phi) is 3.59. The van der Waals surface area contributed by atoms with Crippen LogP contribution in [-0.2, 0) is 4.79 Å². The molecule has 86 valence electrons. The van der Waals surface area contributed by atoms with Gasteiger partial charge in [-0.1, -0.05) is 6.08 Å². The number of hydrazine groups is 1. The van der Waals surface area contributed by atoms with Crippen molar-refractivity contribution in [1.29, 1.82) is 0 Å². The van der Waals surface area contributed by atoms with Crippen molar-refractivity contribution in [2.45, 2.75) is 13.8 Å². The lowest BCUT2D eigenvalue weighted by atomic mass is 10.4. The summed E-state index contributed by atoms with van der Waals surface area (Å²) >= 11 is 0. The van der Waals surface area contributed by atoms with Crippen molar-refractivity contribution in [3.63, 3.8) is 0 Å². The molecule has 1 rings (SSSR count). The van der Waals surface area contributed by atoms with Gasteiger partial charge in [-0.15, -0.1) is 10.2 Å². The molecular formula is C8H11N5O3. The molecule has 0 aromatic carbocycles. The summed E-state index contributed by atoms with van der Waals surface area (Å²) in [6.45, 7) is 3.07. The van der Waals surface area contributed by atoms with Gasteiger partial charge in [0.2, 0.25) is 5.95 Å². The molecule has 1 heterocycles. The van der Waals surface area contributed by atoms with E-state index in [1.54, 1.807) is 6.92 Å². The van der Waals surface area contributed by atoms with Crippen molar-refractivity contribution in [1.82, 2.24) is 20.6 Å². The molecule has 4 N–H and O–H groups in total. The molecule has 0 aliphatic carbocycles. The third kappa shape index (κ3) is 2.80. The van der Waals surface area contributed by atoms with Gasteiger partial charge in [-0.3, -0.25) is 20.6 Å². The van der Waals surface area contributed by atoms with Gasteiger partial charge in [0.15, 0.2) is 0 Å². The predicted octanol–water partition coefficient (Wildman–Crippen LogP) is -0.622. The number of carboxylic acids is 1. The van der Waals surface area contributed by atoms with Crippen molar-refractivity contribution in [3.05, 3.63) is 27.8 Å². The van der Waals surface area contributed by atoms with Crippen LogP contribution in [-0.4, -0.2) is 26.3 Å². The second kappa shape index (κ2) is 4.91. The Morgan fingerprint density at radius 1 is 1.50 bits per heavy atom. The second-order valence-corrected chi connectivity index (χ2v) is 2.85. The van der Waals surface area contributed by atoms with Crippen LogP contribution in [0.4, 0.5) is 5.95 Å². The number of aliphatic carboxylic acids is 1. The van der Waals surface area contributed by atoms with E-state index in [4.69, 9.17) is 5.11 Å². The fourth-order valence-corrected chi connectivity index (χ4v) is 0.825. The molecule has 0 amide bonds. The number of anilines is 1. The second-order valence-electron chi connectivity index (χ2n) is 2.85. The number of rotatable bonds is 4. The minimum absolute atomic E-state index is 0.0381. The molecule has 0 unspecified atom stereocenters. The van der Waals surface area contributed by atoms with E-state index in [2.05, 4.69) is 26.0 Å². The van der Waals surface area contributed by atoms with E-state index in [9.17, 15) is 9.59 Å². The van der Waals surface area contributed by atoms with Gasteiger partial charge in [0, 0.05) is 0 Å². The molecule has 0 saturated carbocycles. The zero-order valence-corrected chi connectivity index (χ0v) is 8.74. The maximum atomic E-state index is 11.1. The molecule has 0 radical (unpaired) electrons. The maximum absolute atomic E-state index is 11.1. The van der Waals surface area contributed by atoms with E-state index in [0.29, 0.717) is 0 Å². The third-order valence-corrected chi connectivity index (χ3v) is 1.70. The topological polar surface area (TPSA) is 120 Å². The first-order valence-corrected chi connectivity index (χ1v) is 4.40. The van der Waals surface area contributed by atoms with Gasteiger partial charge < -0.3 is 5.11 Å². The van der Waals surface area contributed by atoms with Gasteiger partial charge in [0.25, 0.3) is 5.56 Å². The Bertz CT molecular complexity index is 479. The monoisotopic (exact) mass is 225 g/mol. The standard InChI is InChI=1S/C8H11N5O3/c1-3-5(7(15)16)11-13-8-9-6(14)4(2)10-12-8/h3,11H,1-2H3,(H,15,16)(H2,9,12,13,14)/b5-3+. The van der Waals surface area contributed by atoms with E-state index in [-0.39, 0.29) is 17.3 Å². The highest BCUT2D eigenvalue weighted by Crippen LogP contribution is 1.92. The minimum Gasteiger partial charge on any atom is -0.477 e. The third-order valence-electron chi connectivity index (χ3n) is 1.70. The number of aryl methyl sites for hydroxylation is 1. The molecule has 1 aromatic heterocycles. The Morgan fingerprint density at radius 2 is 2.19 bits per heavy atom. The molecule has 1 aromatic rings. The zero-order valence-electron chi connectivity index (χ0n) is 8.74. The van der Waals surface area contributed by atoms with Crippen LogP contribution in [0.2, 0.25) is 0 Å². The van der Waals surface area contributed by atoms with E-state index < -0.39 is 11.5 Å². The van der Waals surface area contributed by atoms with E-state index in [1.807, 2.05) is 0 Å². The quantitative estimate of drug-likeness (QED) is 0.398. The van der Waals surface area contributed by atoms with E-state index in [0.717, 1.165) is 0 Å². The summed E-state index contributed by atoms with van der Waals surface area (Å²) in [7, 11) is 0. The summed E-state index contributed by atoms with van der Waals surface area (Å²) in [4.78, 5) is 24.1. The number of hydrogen-bond donors (Lipinski definition) is 4. The smallest absolute Gasteiger partial charge is 0.353 e. The summed E-state index contributed by atoms with van der Waals surface area (Å²) in [6.07, 6.45) is 1.36. The molecule has 0 aliphatic rings. The number of carbonyl (C=O) groups is 1. The van der Waals surface area contributed by atoms with Crippen molar-refractivity contribution < 1.29 is 9.90 Å². The number of nitrogens with one attached hydrogen (secondary N) is 3. The lowest BCUT2D eigenvalue weighted by Crippen LogP contribution is -2.29. The highest BCUT2D eigenvalue weighted by atomic mass is 16.4. The fourth-order valence-electron chi connectivity index (χ4n) is 0.825. The van der Waals surface area contributed by atoms with Gasteiger partial charge >= 0.3 is 5.97 Å². The van der Waals surface area contributed by atoms with Gasteiger partial charge in [0.1, 0.15) is 11.4 Å². The van der Waals surface area contributed by atoms with Crippen molar-refractivity contribution in [2.24, 2.45) is 0 Å². The molecule has 0 aliphatic heterocycles. The summed E-state index contributed by atoms with van der Waals surface area (Å²) in [5.74, 6) is -1.09. The first-order valence-electron chi connectivity index (χ1n) is 4.40. The predicted molar refractivity (Wildman–Crippen MR) is 55.5 cm³/mol. The SMILES string of the molecule is C/C=C(/NNc1nnc(C)c(=O)[nH]1)C(=O)O. The van der Waals surface area contributed by atoms with Crippen LogP contribution < -0.4 is 16.4 Å². The Morgan fingerprint density at radius 3 is 2.69 bits per heavy atom. The highest BCUT2D eigenvalue weighted by Gasteiger charge is 2.05. The van der Waals surface area contributed by atoms with E-state index >= 15 is 0 Å².